The van der Waals surface area contributed by atoms with Crippen LogP contribution in [0.5, 0.6) is 0 Å². The summed E-state index contributed by atoms with van der Waals surface area (Å²) in [6, 6.07) is 23.9. The minimum absolute atomic E-state index is 1.16. The first-order valence-electron chi connectivity index (χ1n) is 7.15. The Morgan fingerprint density at radius 1 is 0.773 bits per heavy atom. The first-order valence-corrected chi connectivity index (χ1v) is 8.78. The van der Waals surface area contributed by atoms with Gasteiger partial charge in [-0.05, 0) is 42.0 Å². The number of hydrogen-bond acceptors (Lipinski definition) is 2. The molecule has 2 heteroatoms. The van der Waals surface area contributed by atoms with Crippen LogP contribution in [0.1, 0.15) is 5.56 Å². The SMILES string of the molecule is C=Cc1ccc(Sc2ccc3sc4ccccc4c3c2)cc1. The first kappa shape index (κ1) is 13.6. The number of rotatable bonds is 3. The zero-order valence-electron chi connectivity index (χ0n) is 12.0. The second-order valence-electron chi connectivity index (χ2n) is 5.13. The van der Waals surface area contributed by atoms with Gasteiger partial charge >= 0.3 is 0 Å². The van der Waals surface area contributed by atoms with Crippen molar-refractivity contribution in [3.8, 4) is 0 Å². The van der Waals surface area contributed by atoms with Gasteiger partial charge in [0.2, 0.25) is 0 Å². The molecule has 106 valence electrons. The molecule has 0 amide bonds. The lowest BCUT2D eigenvalue weighted by Gasteiger charge is -2.03. The molecule has 0 nitrogen and oxygen atoms in total. The van der Waals surface area contributed by atoms with E-state index in [1.54, 1.807) is 11.8 Å². The fourth-order valence-electron chi connectivity index (χ4n) is 2.58. The second-order valence-corrected chi connectivity index (χ2v) is 7.36. The zero-order chi connectivity index (χ0) is 14.9. The topological polar surface area (TPSA) is 0 Å². The predicted molar refractivity (Wildman–Crippen MR) is 100.0 cm³/mol. The van der Waals surface area contributed by atoms with Crippen LogP contribution >= 0.6 is 23.1 Å². The molecule has 4 rings (SSSR count). The van der Waals surface area contributed by atoms with E-state index in [-0.39, 0.29) is 0 Å². The molecular weight excluding hydrogens is 304 g/mol. The summed E-state index contributed by atoms with van der Waals surface area (Å²) in [7, 11) is 0. The van der Waals surface area contributed by atoms with Crippen molar-refractivity contribution in [3.63, 3.8) is 0 Å². The molecule has 0 aliphatic heterocycles. The molecule has 3 aromatic carbocycles. The molecule has 0 bridgehead atoms. The summed E-state index contributed by atoms with van der Waals surface area (Å²) in [6.07, 6.45) is 1.87. The van der Waals surface area contributed by atoms with Crippen LogP contribution in [-0.2, 0) is 0 Å². The van der Waals surface area contributed by atoms with Crippen molar-refractivity contribution < 1.29 is 0 Å². The molecule has 0 N–H and O–H groups in total. The van der Waals surface area contributed by atoms with Gasteiger partial charge in [-0.15, -0.1) is 11.3 Å². The Bertz CT molecular complexity index is 962. The normalized spacial score (nSPS) is 11.1. The van der Waals surface area contributed by atoms with Crippen LogP contribution < -0.4 is 0 Å². The quantitative estimate of drug-likeness (QED) is 0.398. The van der Waals surface area contributed by atoms with Crippen LogP contribution in [0.15, 0.2) is 83.1 Å². The maximum absolute atomic E-state index is 3.80. The highest BCUT2D eigenvalue weighted by Crippen LogP contribution is 2.37. The van der Waals surface area contributed by atoms with Gasteiger partial charge in [0.05, 0.1) is 0 Å². The lowest BCUT2D eigenvalue weighted by Crippen LogP contribution is -1.75. The van der Waals surface area contributed by atoms with Crippen molar-refractivity contribution >= 4 is 49.3 Å². The lowest BCUT2D eigenvalue weighted by atomic mass is 10.1. The van der Waals surface area contributed by atoms with E-state index in [0.29, 0.717) is 0 Å². The first-order chi connectivity index (χ1) is 10.8. The van der Waals surface area contributed by atoms with E-state index in [2.05, 4.69) is 73.3 Å². The van der Waals surface area contributed by atoms with Gasteiger partial charge in [0.25, 0.3) is 0 Å². The Kier molecular flexibility index (Phi) is 3.49. The monoisotopic (exact) mass is 318 g/mol. The highest BCUT2D eigenvalue weighted by Gasteiger charge is 2.06. The molecule has 0 spiro atoms. The van der Waals surface area contributed by atoms with Crippen LogP contribution in [0.3, 0.4) is 0 Å². The molecule has 1 aromatic heterocycles. The molecule has 0 fully saturated rings. The Morgan fingerprint density at radius 2 is 1.50 bits per heavy atom. The average molecular weight is 318 g/mol. The summed E-state index contributed by atoms with van der Waals surface area (Å²) in [5.41, 5.74) is 1.16. The van der Waals surface area contributed by atoms with Crippen molar-refractivity contribution in [3.05, 3.63) is 78.9 Å². The van der Waals surface area contributed by atoms with Gasteiger partial charge in [-0.3, -0.25) is 0 Å². The van der Waals surface area contributed by atoms with E-state index in [1.165, 1.54) is 30.0 Å². The van der Waals surface area contributed by atoms with E-state index in [1.807, 2.05) is 17.4 Å². The van der Waals surface area contributed by atoms with Crippen molar-refractivity contribution in [2.24, 2.45) is 0 Å². The minimum atomic E-state index is 1.16. The Hall–Kier alpha value is -2.03. The van der Waals surface area contributed by atoms with E-state index >= 15 is 0 Å². The third kappa shape index (κ3) is 2.45. The van der Waals surface area contributed by atoms with Crippen LogP contribution in [0.2, 0.25) is 0 Å². The molecule has 0 aliphatic carbocycles. The Labute approximate surface area is 138 Å². The van der Waals surface area contributed by atoms with Crippen molar-refractivity contribution in [2.45, 2.75) is 9.79 Å². The van der Waals surface area contributed by atoms with E-state index in [0.717, 1.165) is 5.56 Å². The lowest BCUT2D eigenvalue weighted by molar-refractivity contribution is 1.42. The molecule has 0 radical (unpaired) electrons. The van der Waals surface area contributed by atoms with Crippen LogP contribution in [0, 0.1) is 0 Å². The second kappa shape index (κ2) is 5.64. The van der Waals surface area contributed by atoms with Gasteiger partial charge in [-0.1, -0.05) is 54.7 Å². The molecule has 0 atom stereocenters. The molecule has 0 unspecified atom stereocenters. The smallest absolute Gasteiger partial charge is 0.0356 e. The molecule has 1 heterocycles. The molecule has 4 aromatic rings. The summed E-state index contributed by atoms with van der Waals surface area (Å²) in [4.78, 5) is 2.53. The summed E-state index contributed by atoms with van der Waals surface area (Å²) in [6.45, 7) is 3.80. The number of fused-ring (bicyclic) bond motifs is 3. The number of hydrogen-bond donors (Lipinski definition) is 0. The third-order valence-electron chi connectivity index (χ3n) is 3.70. The summed E-state index contributed by atoms with van der Waals surface area (Å²) >= 11 is 3.67. The van der Waals surface area contributed by atoms with Gasteiger partial charge < -0.3 is 0 Å². The van der Waals surface area contributed by atoms with Crippen LogP contribution in [0.25, 0.3) is 26.2 Å². The molecule has 22 heavy (non-hydrogen) atoms. The fourth-order valence-corrected chi connectivity index (χ4v) is 4.52. The highest BCUT2D eigenvalue weighted by atomic mass is 32.2. The largest absolute Gasteiger partial charge is 0.135 e. The Balaban J connectivity index is 1.74. The number of thiophene rings is 1. The van der Waals surface area contributed by atoms with Gasteiger partial charge in [0.1, 0.15) is 0 Å². The van der Waals surface area contributed by atoms with Crippen molar-refractivity contribution in [1.29, 1.82) is 0 Å². The minimum Gasteiger partial charge on any atom is -0.135 e. The van der Waals surface area contributed by atoms with Crippen molar-refractivity contribution in [2.75, 3.05) is 0 Å². The average Bonchev–Trinajstić information content (AvgIpc) is 2.94. The standard InChI is InChI=1S/C20H14S2/c1-2-14-7-9-15(10-8-14)21-16-11-12-20-18(13-16)17-5-3-4-6-19(17)22-20/h2-13H,1H2. The van der Waals surface area contributed by atoms with Gasteiger partial charge in [0.15, 0.2) is 0 Å². The molecular formula is C20H14S2. The molecule has 0 saturated heterocycles. The zero-order valence-corrected chi connectivity index (χ0v) is 13.6. The van der Waals surface area contributed by atoms with Gasteiger partial charge in [-0.25, -0.2) is 0 Å². The van der Waals surface area contributed by atoms with E-state index in [9.17, 15) is 0 Å². The Morgan fingerprint density at radius 3 is 2.32 bits per heavy atom. The summed E-state index contributed by atoms with van der Waals surface area (Å²) in [5.74, 6) is 0. The van der Waals surface area contributed by atoms with Crippen LogP contribution in [-0.4, -0.2) is 0 Å². The summed E-state index contributed by atoms with van der Waals surface area (Å²) in [5, 5.41) is 2.71. The fraction of sp³-hybridized carbons (Fsp3) is 0. The number of benzene rings is 3. The van der Waals surface area contributed by atoms with Gasteiger partial charge in [0, 0.05) is 30.0 Å². The van der Waals surface area contributed by atoms with Gasteiger partial charge in [-0.2, -0.15) is 0 Å². The third-order valence-corrected chi connectivity index (χ3v) is 5.85. The van der Waals surface area contributed by atoms with Crippen molar-refractivity contribution in [1.82, 2.24) is 0 Å². The predicted octanol–water partition coefficient (Wildman–Crippen LogP) is 6.85. The summed E-state index contributed by atoms with van der Waals surface area (Å²) < 4.78 is 2.71. The maximum atomic E-state index is 3.80. The maximum Gasteiger partial charge on any atom is 0.0356 e. The highest BCUT2D eigenvalue weighted by molar-refractivity contribution is 7.99. The van der Waals surface area contributed by atoms with E-state index in [4.69, 9.17) is 0 Å². The molecule has 0 saturated carbocycles. The molecule has 0 aliphatic rings. The van der Waals surface area contributed by atoms with Crippen LogP contribution in [0.4, 0.5) is 0 Å². The van der Waals surface area contributed by atoms with E-state index < -0.39 is 0 Å².